The van der Waals surface area contributed by atoms with Crippen LogP contribution in [0.5, 0.6) is 0 Å². The first kappa shape index (κ1) is 22.6. The molecule has 35 heavy (non-hydrogen) atoms. The Bertz CT molecular complexity index is 1400. The van der Waals surface area contributed by atoms with Crippen LogP contribution in [-0.2, 0) is 4.79 Å². The van der Waals surface area contributed by atoms with Crippen LogP contribution in [0, 0.1) is 5.82 Å². The quantitative estimate of drug-likeness (QED) is 0.249. The van der Waals surface area contributed by atoms with Gasteiger partial charge in [-0.05, 0) is 47.0 Å². The average molecular weight is 464 g/mol. The molecule has 5 heteroatoms. The fraction of sp³-hybridized carbons (Fsp3) is 0.100. The van der Waals surface area contributed by atoms with E-state index in [1.807, 2.05) is 60.7 Å². The summed E-state index contributed by atoms with van der Waals surface area (Å²) in [5.41, 5.74) is 4.82. The number of benzene rings is 4. The lowest BCUT2D eigenvalue weighted by Crippen LogP contribution is -2.35. The maximum atomic E-state index is 13.4. The third-order valence-corrected chi connectivity index (χ3v) is 6.23. The highest BCUT2D eigenvalue weighted by Gasteiger charge is 2.24. The van der Waals surface area contributed by atoms with Crippen LogP contribution in [0.2, 0.25) is 0 Å². The largest absolute Gasteiger partial charge is 0.361 e. The van der Waals surface area contributed by atoms with Gasteiger partial charge in [-0.15, -0.1) is 0 Å². The second-order valence-corrected chi connectivity index (χ2v) is 8.50. The van der Waals surface area contributed by atoms with Gasteiger partial charge in [0.2, 0.25) is 5.91 Å². The molecule has 5 aromatic rings. The number of aromatic amines is 1. The van der Waals surface area contributed by atoms with Crippen molar-refractivity contribution in [1.82, 2.24) is 10.3 Å². The number of rotatable bonds is 8. The lowest BCUT2D eigenvalue weighted by atomic mass is 9.90. The zero-order valence-corrected chi connectivity index (χ0v) is 19.1. The van der Waals surface area contributed by atoms with E-state index < -0.39 is 6.04 Å². The highest BCUT2D eigenvalue weighted by atomic mass is 19.1. The molecule has 2 atom stereocenters. The van der Waals surface area contributed by atoms with E-state index in [1.165, 1.54) is 17.7 Å². The van der Waals surface area contributed by atoms with Gasteiger partial charge in [0, 0.05) is 35.2 Å². The van der Waals surface area contributed by atoms with Crippen molar-refractivity contribution in [1.29, 1.82) is 0 Å². The fourth-order valence-electron chi connectivity index (χ4n) is 4.47. The number of H-pyrrole nitrogens is 1. The van der Waals surface area contributed by atoms with Crippen LogP contribution in [0.1, 0.15) is 28.7 Å². The molecular formula is C30H26FN3O. The van der Waals surface area contributed by atoms with Gasteiger partial charge in [0.15, 0.2) is 0 Å². The van der Waals surface area contributed by atoms with Gasteiger partial charge in [-0.3, -0.25) is 4.79 Å². The summed E-state index contributed by atoms with van der Waals surface area (Å²) in [4.78, 5) is 16.8. The van der Waals surface area contributed by atoms with Gasteiger partial charge in [-0.25, -0.2) is 4.39 Å². The van der Waals surface area contributed by atoms with Gasteiger partial charge in [0.1, 0.15) is 11.9 Å². The molecule has 0 aliphatic heterocycles. The summed E-state index contributed by atoms with van der Waals surface area (Å²) in [6.45, 7) is 0.544. The Morgan fingerprint density at radius 2 is 1.40 bits per heavy atom. The molecule has 0 bridgehead atoms. The van der Waals surface area contributed by atoms with E-state index >= 15 is 0 Å². The number of carbonyl (C=O) groups is 1. The first-order valence-electron chi connectivity index (χ1n) is 11.6. The minimum absolute atomic E-state index is 0.0252. The van der Waals surface area contributed by atoms with Gasteiger partial charge < -0.3 is 15.6 Å². The smallest absolute Gasteiger partial charge is 0.246 e. The van der Waals surface area contributed by atoms with Gasteiger partial charge in [-0.1, -0.05) is 78.9 Å². The molecule has 1 aromatic heterocycles. The third-order valence-electron chi connectivity index (χ3n) is 6.23. The van der Waals surface area contributed by atoms with Gasteiger partial charge in [-0.2, -0.15) is 0 Å². The number of para-hydroxylation sites is 1. The van der Waals surface area contributed by atoms with Crippen molar-refractivity contribution in [2.75, 3.05) is 11.9 Å². The molecule has 0 fully saturated rings. The number of halogens is 1. The Morgan fingerprint density at radius 1 is 0.771 bits per heavy atom. The molecule has 0 saturated carbocycles. The molecule has 5 rings (SSSR count). The highest BCUT2D eigenvalue weighted by Crippen LogP contribution is 2.31. The first-order chi connectivity index (χ1) is 17.2. The molecule has 1 amide bonds. The van der Waals surface area contributed by atoms with Gasteiger partial charge in [0.25, 0.3) is 0 Å². The Kier molecular flexibility index (Phi) is 6.68. The van der Waals surface area contributed by atoms with E-state index in [1.54, 1.807) is 12.1 Å². The lowest BCUT2D eigenvalue weighted by Gasteiger charge is -2.24. The standard InChI is InChI=1S/C30H26FN3O/c31-23-15-17-24(18-16-23)34-30(35)29(22-11-5-2-6-12-22)33-19-26(21-9-3-1-4-10-21)27-20-32-28-14-8-7-13-25(27)28/h1-18,20,26,29,32-33H,19H2,(H,34,35)/t26-,29+/m1/s1. The maximum Gasteiger partial charge on any atom is 0.246 e. The normalized spacial score (nSPS) is 12.8. The average Bonchev–Trinajstić information content (AvgIpc) is 3.33. The number of carbonyl (C=O) groups excluding carboxylic acids is 1. The SMILES string of the molecule is O=C(Nc1ccc(F)cc1)[C@@H](NC[C@H](c1ccccc1)c1c[nH]c2ccccc12)c1ccccc1. The molecule has 1 heterocycles. The van der Waals surface area contributed by atoms with Crippen LogP contribution < -0.4 is 10.6 Å². The molecule has 0 aliphatic carbocycles. The monoisotopic (exact) mass is 463 g/mol. The molecule has 0 saturated heterocycles. The zero-order chi connectivity index (χ0) is 24.0. The van der Waals surface area contributed by atoms with E-state index in [4.69, 9.17) is 0 Å². The molecule has 174 valence electrons. The predicted molar refractivity (Wildman–Crippen MR) is 139 cm³/mol. The van der Waals surface area contributed by atoms with E-state index in [9.17, 15) is 9.18 Å². The number of aromatic nitrogens is 1. The number of nitrogens with one attached hydrogen (secondary N) is 3. The molecule has 4 aromatic carbocycles. The lowest BCUT2D eigenvalue weighted by molar-refractivity contribution is -0.118. The van der Waals surface area contributed by atoms with Crippen molar-refractivity contribution in [3.05, 3.63) is 138 Å². The first-order valence-corrected chi connectivity index (χ1v) is 11.6. The van der Waals surface area contributed by atoms with Crippen LogP contribution >= 0.6 is 0 Å². The van der Waals surface area contributed by atoms with Crippen LogP contribution in [0.4, 0.5) is 10.1 Å². The Labute approximate surface area is 203 Å². The van der Waals surface area contributed by atoms with Crippen molar-refractivity contribution in [2.45, 2.75) is 12.0 Å². The van der Waals surface area contributed by atoms with Crippen molar-refractivity contribution in [2.24, 2.45) is 0 Å². The maximum absolute atomic E-state index is 13.4. The van der Waals surface area contributed by atoms with Crippen molar-refractivity contribution in [3.8, 4) is 0 Å². The molecule has 0 unspecified atom stereocenters. The van der Waals surface area contributed by atoms with E-state index in [-0.39, 0.29) is 17.6 Å². The van der Waals surface area contributed by atoms with Crippen LogP contribution in [0.3, 0.4) is 0 Å². The number of hydrogen-bond donors (Lipinski definition) is 3. The molecule has 3 N–H and O–H groups in total. The summed E-state index contributed by atoms with van der Waals surface area (Å²) >= 11 is 0. The summed E-state index contributed by atoms with van der Waals surface area (Å²) in [6, 6.07) is 33.4. The Morgan fingerprint density at radius 3 is 2.11 bits per heavy atom. The van der Waals surface area contributed by atoms with E-state index in [0.717, 1.165) is 22.0 Å². The fourth-order valence-corrected chi connectivity index (χ4v) is 4.47. The minimum atomic E-state index is -0.585. The van der Waals surface area contributed by atoms with Crippen LogP contribution in [0.25, 0.3) is 10.9 Å². The van der Waals surface area contributed by atoms with Crippen molar-refractivity contribution >= 4 is 22.5 Å². The third kappa shape index (κ3) is 5.15. The van der Waals surface area contributed by atoms with Crippen molar-refractivity contribution in [3.63, 3.8) is 0 Å². The number of anilines is 1. The van der Waals surface area contributed by atoms with Gasteiger partial charge >= 0.3 is 0 Å². The van der Waals surface area contributed by atoms with Crippen molar-refractivity contribution < 1.29 is 9.18 Å². The van der Waals surface area contributed by atoms with E-state index in [2.05, 4.69) is 46.1 Å². The van der Waals surface area contributed by atoms with Crippen LogP contribution in [0.15, 0.2) is 115 Å². The topological polar surface area (TPSA) is 56.9 Å². The Hall–Kier alpha value is -4.22. The molecule has 4 nitrogen and oxygen atoms in total. The summed E-state index contributed by atoms with van der Waals surface area (Å²) in [5.74, 6) is -0.518. The zero-order valence-electron chi connectivity index (χ0n) is 19.1. The molecule has 0 spiro atoms. The molecule has 0 radical (unpaired) electrons. The second-order valence-electron chi connectivity index (χ2n) is 8.50. The Balaban J connectivity index is 1.45. The predicted octanol–water partition coefficient (Wildman–Crippen LogP) is 6.41. The van der Waals surface area contributed by atoms with Crippen LogP contribution in [-0.4, -0.2) is 17.4 Å². The number of hydrogen-bond acceptors (Lipinski definition) is 2. The molecular weight excluding hydrogens is 437 g/mol. The summed E-state index contributed by atoms with van der Waals surface area (Å²) < 4.78 is 13.3. The van der Waals surface area contributed by atoms with Gasteiger partial charge in [0.05, 0.1) is 0 Å². The summed E-state index contributed by atoms with van der Waals surface area (Å²) in [6.07, 6.45) is 2.06. The van der Waals surface area contributed by atoms with E-state index in [0.29, 0.717) is 12.2 Å². The summed E-state index contributed by atoms with van der Waals surface area (Å²) in [5, 5.41) is 7.60. The number of amides is 1. The highest BCUT2D eigenvalue weighted by molar-refractivity contribution is 5.95. The molecule has 0 aliphatic rings. The second kappa shape index (κ2) is 10.4. The minimum Gasteiger partial charge on any atom is -0.361 e. The summed E-state index contributed by atoms with van der Waals surface area (Å²) in [7, 11) is 0. The number of fused-ring (bicyclic) bond motifs is 1.